The first-order valence-electron chi connectivity index (χ1n) is 7.57. The van der Waals surface area contributed by atoms with Crippen LogP contribution in [0, 0.1) is 11.3 Å². The van der Waals surface area contributed by atoms with Crippen molar-refractivity contribution in [3.05, 3.63) is 35.4 Å². The Bertz CT molecular complexity index is 480. The molecule has 1 unspecified atom stereocenters. The van der Waals surface area contributed by atoms with Gasteiger partial charge >= 0.3 is 0 Å². The van der Waals surface area contributed by atoms with Gasteiger partial charge in [0.25, 0.3) is 0 Å². The van der Waals surface area contributed by atoms with Gasteiger partial charge in [-0.1, -0.05) is 37.1 Å². The van der Waals surface area contributed by atoms with E-state index in [2.05, 4.69) is 35.2 Å². The molecule has 1 aliphatic carbocycles. The van der Waals surface area contributed by atoms with Crippen LogP contribution in [0.3, 0.4) is 0 Å². The average Bonchev–Trinajstić information content (AvgIpc) is 2.76. The highest BCUT2D eigenvalue weighted by atomic mass is 15.2. The lowest BCUT2D eigenvalue weighted by atomic mass is 9.77. The van der Waals surface area contributed by atoms with E-state index in [0.717, 1.165) is 32.4 Å². The van der Waals surface area contributed by atoms with Crippen molar-refractivity contribution in [1.82, 2.24) is 4.90 Å². The van der Waals surface area contributed by atoms with E-state index < -0.39 is 0 Å². The molecule has 0 bridgehead atoms. The van der Waals surface area contributed by atoms with E-state index in [9.17, 15) is 5.26 Å². The van der Waals surface area contributed by atoms with Crippen LogP contribution in [0.4, 0.5) is 0 Å². The molecule has 0 saturated carbocycles. The molecule has 2 heteroatoms. The maximum Gasteiger partial charge on any atom is 0.113 e. The van der Waals surface area contributed by atoms with E-state index in [1.807, 2.05) is 0 Å². The number of likely N-dealkylation sites (tertiary alicyclic amines) is 1. The third kappa shape index (κ3) is 2.40. The maximum absolute atomic E-state index is 9.82. The number of fused-ring (bicyclic) bond motifs is 1. The number of rotatable bonds is 1. The zero-order valence-electron chi connectivity index (χ0n) is 11.6. The summed E-state index contributed by atoms with van der Waals surface area (Å²) in [4.78, 5) is 2.48. The van der Waals surface area contributed by atoms with Crippen molar-refractivity contribution in [3.63, 3.8) is 0 Å². The van der Waals surface area contributed by atoms with Gasteiger partial charge < -0.3 is 0 Å². The van der Waals surface area contributed by atoms with Crippen LogP contribution < -0.4 is 0 Å². The molecule has 0 spiro atoms. The summed E-state index contributed by atoms with van der Waals surface area (Å²) in [7, 11) is 0. The van der Waals surface area contributed by atoms with Crippen molar-refractivity contribution in [3.8, 4) is 6.07 Å². The van der Waals surface area contributed by atoms with Crippen molar-refractivity contribution < 1.29 is 0 Å². The van der Waals surface area contributed by atoms with Crippen molar-refractivity contribution >= 4 is 0 Å². The van der Waals surface area contributed by atoms with Crippen LogP contribution in [-0.4, -0.2) is 23.5 Å². The van der Waals surface area contributed by atoms with Crippen LogP contribution in [-0.2, 0) is 12.8 Å². The van der Waals surface area contributed by atoms with Gasteiger partial charge in [0.15, 0.2) is 0 Å². The van der Waals surface area contributed by atoms with Crippen LogP contribution in [0.5, 0.6) is 0 Å². The van der Waals surface area contributed by atoms with Gasteiger partial charge in [0.05, 0.1) is 6.07 Å². The monoisotopic (exact) mass is 254 g/mol. The van der Waals surface area contributed by atoms with E-state index in [1.54, 1.807) is 0 Å². The summed E-state index contributed by atoms with van der Waals surface area (Å²) in [6.45, 7) is 2.21. The summed E-state index contributed by atoms with van der Waals surface area (Å²) in [5.74, 6) is 0. The predicted molar refractivity (Wildman–Crippen MR) is 76.9 cm³/mol. The molecule has 1 fully saturated rings. The molecule has 0 amide bonds. The van der Waals surface area contributed by atoms with Gasteiger partial charge in [-0.15, -0.1) is 0 Å². The van der Waals surface area contributed by atoms with Crippen LogP contribution in [0.2, 0.25) is 0 Å². The smallest absolute Gasteiger partial charge is 0.113 e. The predicted octanol–water partition coefficient (Wildman–Crippen LogP) is 3.31. The normalized spacial score (nSPS) is 28.2. The minimum absolute atomic E-state index is 0.237. The lowest BCUT2D eigenvalue weighted by Crippen LogP contribution is -2.51. The number of hydrogen-bond donors (Lipinski definition) is 0. The summed E-state index contributed by atoms with van der Waals surface area (Å²) in [6.07, 6.45) is 8.14. The molecule has 19 heavy (non-hydrogen) atoms. The Kier molecular flexibility index (Phi) is 3.57. The number of hydrogen-bond acceptors (Lipinski definition) is 2. The molecular formula is C17H22N2. The Balaban J connectivity index is 1.87. The van der Waals surface area contributed by atoms with E-state index in [1.165, 1.54) is 36.8 Å². The number of nitriles is 1. The van der Waals surface area contributed by atoms with E-state index >= 15 is 0 Å². The van der Waals surface area contributed by atoms with Crippen LogP contribution in [0.15, 0.2) is 24.3 Å². The van der Waals surface area contributed by atoms with E-state index in [0.29, 0.717) is 0 Å². The largest absolute Gasteiger partial charge is 0.285 e. The van der Waals surface area contributed by atoms with Gasteiger partial charge in [0.2, 0.25) is 0 Å². The Hall–Kier alpha value is -1.33. The van der Waals surface area contributed by atoms with Crippen molar-refractivity contribution in [1.29, 1.82) is 5.26 Å². The molecule has 0 N–H and O–H groups in total. The Labute approximate surface area is 116 Å². The second-order valence-corrected chi connectivity index (χ2v) is 5.99. The summed E-state index contributed by atoms with van der Waals surface area (Å²) in [6, 6.07) is 11.3. The molecule has 1 heterocycles. The first kappa shape index (κ1) is 12.7. The molecule has 0 radical (unpaired) electrons. The molecule has 1 atom stereocenters. The second-order valence-electron chi connectivity index (χ2n) is 5.99. The zero-order valence-corrected chi connectivity index (χ0v) is 11.6. The Morgan fingerprint density at radius 2 is 1.68 bits per heavy atom. The summed E-state index contributed by atoms with van der Waals surface area (Å²) >= 11 is 0. The molecular weight excluding hydrogens is 232 g/mol. The molecule has 2 nitrogen and oxygen atoms in total. The van der Waals surface area contributed by atoms with E-state index in [-0.39, 0.29) is 5.54 Å². The fourth-order valence-corrected chi connectivity index (χ4v) is 3.65. The number of aryl methyl sites for hydroxylation is 1. The van der Waals surface area contributed by atoms with Crippen LogP contribution in [0.25, 0.3) is 0 Å². The minimum atomic E-state index is -0.237. The molecule has 1 aliphatic heterocycles. The number of benzene rings is 1. The fourth-order valence-electron chi connectivity index (χ4n) is 3.65. The highest BCUT2D eigenvalue weighted by molar-refractivity contribution is 5.35. The lowest BCUT2D eigenvalue weighted by Gasteiger charge is -2.41. The first-order chi connectivity index (χ1) is 9.34. The Morgan fingerprint density at radius 1 is 1.00 bits per heavy atom. The Morgan fingerprint density at radius 3 is 2.37 bits per heavy atom. The molecule has 1 saturated heterocycles. The van der Waals surface area contributed by atoms with Crippen molar-refractivity contribution in [2.45, 2.75) is 50.5 Å². The zero-order chi connectivity index (χ0) is 13.1. The van der Waals surface area contributed by atoms with Gasteiger partial charge in [0, 0.05) is 6.42 Å². The maximum atomic E-state index is 9.82. The first-order valence-corrected chi connectivity index (χ1v) is 7.57. The van der Waals surface area contributed by atoms with E-state index in [4.69, 9.17) is 0 Å². The van der Waals surface area contributed by atoms with Gasteiger partial charge in [-0.2, -0.15) is 5.26 Å². The minimum Gasteiger partial charge on any atom is -0.285 e. The van der Waals surface area contributed by atoms with Crippen molar-refractivity contribution in [2.24, 2.45) is 0 Å². The van der Waals surface area contributed by atoms with Gasteiger partial charge in [-0.05, 0) is 49.9 Å². The van der Waals surface area contributed by atoms with Crippen LogP contribution >= 0.6 is 0 Å². The molecule has 2 aliphatic rings. The molecule has 100 valence electrons. The second kappa shape index (κ2) is 5.35. The third-order valence-corrected chi connectivity index (χ3v) is 4.83. The van der Waals surface area contributed by atoms with Gasteiger partial charge in [-0.3, -0.25) is 4.90 Å². The standard InChI is InChI=1S/C17H22N2/c18-14-17(19-11-5-1-2-6-12-19)10-9-15-7-3-4-8-16(15)13-17/h3-4,7-8H,1-2,5-6,9-13H2. The quantitative estimate of drug-likeness (QED) is 0.768. The molecule has 3 rings (SSSR count). The number of nitrogens with zero attached hydrogens (tertiary/aromatic N) is 2. The van der Waals surface area contributed by atoms with Crippen molar-refractivity contribution in [2.75, 3.05) is 13.1 Å². The lowest BCUT2D eigenvalue weighted by molar-refractivity contribution is 0.126. The molecule has 1 aromatic rings. The molecule has 1 aromatic carbocycles. The third-order valence-electron chi connectivity index (χ3n) is 4.83. The summed E-state index contributed by atoms with van der Waals surface area (Å²) < 4.78 is 0. The summed E-state index contributed by atoms with van der Waals surface area (Å²) in [5, 5.41) is 9.82. The average molecular weight is 254 g/mol. The highest BCUT2D eigenvalue weighted by Gasteiger charge is 2.39. The van der Waals surface area contributed by atoms with Gasteiger partial charge in [0.1, 0.15) is 5.54 Å². The highest BCUT2D eigenvalue weighted by Crippen LogP contribution is 2.34. The van der Waals surface area contributed by atoms with Gasteiger partial charge in [-0.25, -0.2) is 0 Å². The summed E-state index contributed by atoms with van der Waals surface area (Å²) in [5.41, 5.74) is 2.60. The molecule has 0 aromatic heterocycles. The SMILES string of the molecule is N#CC1(N2CCCCCC2)CCc2ccccc2C1. The topological polar surface area (TPSA) is 27.0 Å². The fraction of sp³-hybridized carbons (Fsp3) is 0.588. The van der Waals surface area contributed by atoms with Crippen LogP contribution in [0.1, 0.15) is 43.2 Å².